The monoisotopic (exact) mass is 196 g/mol. The van der Waals surface area contributed by atoms with Gasteiger partial charge in [0.05, 0.1) is 0 Å². The first-order valence-corrected chi connectivity index (χ1v) is 5.82. The third kappa shape index (κ3) is 2.08. The molecule has 3 nitrogen and oxygen atoms in total. The Morgan fingerprint density at radius 1 is 1.14 bits per heavy atom. The summed E-state index contributed by atoms with van der Waals surface area (Å²) in [6, 6.07) is 0.225. The Balaban J connectivity index is 1.87. The van der Waals surface area contributed by atoms with E-state index in [0.717, 1.165) is 32.4 Å². The van der Waals surface area contributed by atoms with Crippen molar-refractivity contribution in [1.82, 2.24) is 4.90 Å². The highest BCUT2D eigenvalue weighted by atomic mass is 16.2. The van der Waals surface area contributed by atoms with Crippen LogP contribution >= 0.6 is 0 Å². The van der Waals surface area contributed by atoms with Crippen molar-refractivity contribution < 1.29 is 4.79 Å². The van der Waals surface area contributed by atoms with Gasteiger partial charge in [0.25, 0.3) is 0 Å². The van der Waals surface area contributed by atoms with E-state index >= 15 is 0 Å². The molecule has 80 valence electrons. The van der Waals surface area contributed by atoms with Gasteiger partial charge in [-0.2, -0.15) is 0 Å². The van der Waals surface area contributed by atoms with E-state index < -0.39 is 0 Å². The molecule has 3 heteroatoms. The van der Waals surface area contributed by atoms with Crippen LogP contribution in [0, 0.1) is 5.92 Å². The number of hydrogen-bond donors (Lipinski definition) is 1. The van der Waals surface area contributed by atoms with Crippen molar-refractivity contribution in [2.24, 2.45) is 11.7 Å². The van der Waals surface area contributed by atoms with Gasteiger partial charge in [-0.15, -0.1) is 0 Å². The van der Waals surface area contributed by atoms with Gasteiger partial charge in [-0.25, -0.2) is 0 Å². The van der Waals surface area contributed by atoms with E-state index in [2.05, 4.69) is 0 Å². The highest BCUT2D eigenvalue weighted by Crippen LogP contribution is 2.26. The summed E-state index contributed by atoms with van der Waals surface area (Å²) in [4.78, 5) is 14.0. The molecule has 2 fully saturated rings. The highest BCUT2D eigenvalue weighted by molar-refractivity contribution is 5.79. The fourth-order valence-corrected chi connectivity index (χ4v) is 2.60. The maximum Gasteiger partial charge on any atom is 0.225 e. The topological polar surface area (TPSA) is 46.3 Å². The minimum atomic E-state index is 0.225. The summed E-state index contributed by atoms with van der Waals surface area (Å²) in [6.45, 7) is 1.67. The fourth-order valence-electron chi connectivity index (χ4n) is 2.60. The molecule has 1 saturated heterocycles. The second kappa shape index (κ2) is 4.30. The van der Waals surface area contributed by atoms with Crippen molar-refractivity contribution in [2.45, 2.75) is 44.6 Å². The second-order valence-corrected chi connectivity index (χ2v) is 4.67. The van der Waals surface area contributed by atoms with E-state index in [1.165, 1.54) is 19.3 Å². The van der Waals surface area contributed by atoms with Crippen LogP contribution in [0.4, 0.5) is 0 Å². The normalized spacial score (nSPS) is 29.5. The Hall–Kier alpha value is -0.570. The molecule has 0 spiro atoms. The molecule has 0 aromatic rings. The highest BCUT2D eigenvalue weighted by Gasteiger charge is 2.29. The zero-order chi connectivity index (χ0) is 9.97. The second-order valence-electron chi connectivity index (χ2n) is 4.67. The van der Waals surface area contributed by atoms with Crippen LogP contribution in [0.15, 0.2) is 0 Å². The number of amides is 1. The molecule has 0 radical (unpaired) electrons. The lowest BCUT2D eigenvalue weighted by Crippen LogP contribution is -2.37. The van der Waals surface area contributed by atoms with Gasteiger partial charge in [-0.1, -0.05) is 19.3 Å². The zero-order valence-corrected chi connectivity index (χ0v) is 8.74. The summed E-state index contributed by atoms with van der Waals surface area (Å²) < 4.78 is 0. The summed E-state index contributed by atoms with van der Waals surface area (Å²) >= 11 is 0. The molecule has 1 aliphatic carbocycles. The molecule has 0 bridgehead atoms. The van der Waals surface area contributed by atoms with Crippen molar-refractivity contribution >= 4 is 5.91 Å². The van der Waals surface area contributed by atoms with E-state index in [9.17, 15) is 4.79 Å². The fraction of sp³-hybridized carbons (Fsp3) is 0.909. The van der Waals surface area contributed by atoms with Crippen molar-refractivity contribution in [1.29, 1.82) is 0 Å². The Morgan fingerprint density at radius 3 is 2.43 bits per heavy atom. The Labute approximate surface area is 85.6 Å². The number of nitrogens with two attached hydrogens (primary N) is 1. The van der Waals surface area contributed by atoms with Crippen molar-refractivity contribution in [3.05, 3.63) is 0 Å². The third-order valence-electron chi connectivity index (χ3n) is 3.49. The Morgan fingerprint density at radius 2 is 1.86 bits per heavy atom. The van der Waals surface area contributed by atoms with Gasteiger partial charge in [0.2, 0.25) is 5.91 Å². The lowest BCUT2D eigenvalue weighted by molar-refractivity contribution is -0.135. The first-order chi connectivity index (χ1) is 6.77. The number of carbonyl (C=O) groups is 1. The third-order valence-corrected chi connectivity index (χ3v) is 3.49. The molecule has 1 heterocycles. The van der Waals surface area contributed by atoms with E-state index in [1.54, 1.807) is 0 Å². The number of rotatable bonds is 1. The van der Waals surface area contributed by atoms with Gasteiger partial charge in [0.1, 0.15) is 0 Å². The van der Waals surface area contributed by atoms with Gasteiger partial charge in [-0.05, 0) is 19.3 Å². The first kappa shape index (κ1) is 9.97. The molecule has 0 aromatic carbocycles. The SMILES string of the molecule is N[C@H]1CCN(C(=O)C2CCCCC2)C1. The van der Waals surface area contributed by atoms with Crippen LogP contribution in [-0.4, -0.2) is 29.9 Å². The number of likely N-dealkylation sites (tertiary alicyclic amines) is 1. The lowest BCUT2D eigenvalue weighted by Gasteiger charge is -2.26. The molecular formula is C11H20N2O. The molecule has 14 heavy (non-hydrogen) atoms. The van der Waals surface area contributed by atoms with Gasteiger partial charge < -0.3 is 10.6 Å². The van der Waals surface area contributed by atoms with Crippen LogP contribution in [0.25, 0.3) is 0 Å². The standard InChI is InChI=1S/C11H20N2O/c12-10-6-7-13(8-10)11(14)9-4-2-1-3-5-9/h9-10H,1-8,12H2/t10-/m0/s1. The van der Waals surface area contributed by atoms with Crippen LogP contribution in [0.5, 0.6) is 0 Å². The molecular weight excluding hydrogens is 176 g/mol. The summed E-state index contributed by atoms with van der Waals surface area (Å²) in [5, 5.41) is 0. The molecule has 2 rings (SSSR count). The minimum Gasteiger partial charge on any atom is -0.341 e. The van der Waals surface area contributed by atoms with Crippen molar-refractivity contribution in [2.75, 3.05) is 13.1 Å². The van der Waals surface area contributed by atoms with Gasteiger partial charge in [0.15, 0.2) is 0 Å². The predicted octanol–water partition coefficient (Wildman–Crippen LogP) is 1.13. The average Bonchev–Trinajstić information content (AvgIpc) is 2.65. The van der Waals surface area contributed by atoms with Crippen LogP contribution in [-0.2, 0) is 4.79 Å². The zero-order valence-electron chi connectivity index (χ0n) is 8.74. The lowest BCUT2D eigenvalue weighted by atomic mass is 9.88. The molecule has 0 aromatic heterocycles. The van der Waals surface area contributed by atoms with Gasteiger partial charge in [-0.3, -0.25) is 4.79 Å². The van der Waals surface area contributed by atoms with Crippen molar-refractivity contribution in [3.63, 3.8) is 0 Å². The average molecular weight is 196 g/mol. The maximum atomic E-state index is 12.0. The Kier molecular flexibility index (Phi) is 3.06. The first-order valence-electron chi connectivity index (χ1n) is 5.82. The van der Waals surface area contributed by atoms with Crippen LogP contribution in [0.2, 0.25) is 0 Å². The predicted molar refractivity (Wildman–Crippen MR) is 55.7 cm³/mol. The molecule has 1 amide bonds. The molecule has 0 unspecified atom stereocenters. The largest absolute Gasteiger partial charge is 0.341 e. The smallest absolute Gasteiger partial charge is 0.225 e. The van der Waals surface area contributed by atoms with Crippen molar-refractivity contribution in [3.8, 4) is 0 Å². The quantitative estimate of drug-likeness (QED) is 0.683. The molecule has 1 aliphatic heterocycles. The summed E-state index contributed by atoms with van der Waals surface area (Å²) in [5.74, 6) is 0.687. The number of hydrogen-bond acceptors (Lipinski definition) is 2. The van der Waals surface area contributed by atoms with Gasteiger partial charge in [0, 0.05) is 25.0 Å². The van der Waals surface area contributed by atoms with E-state index in [1.807, 2.05) is 4.90 Å². The maximum absolute atomic E-state index is 12.0. The number of nitrogens with zero attached hydrogens (tertiary/aromatic N) is 1. The van der Waals surface area contributed by atoms with E-state index in [4.69, 9.17) is 5.73 Å². The van der Waals surface area contributed by atoms with Crippen LogP contribution < -0.4 is 5.73 Å². The molecule has 2 N–H and O–H groups in total. The van der Waals surface area contributed by atoms with E-state index in [0.29, 0.717) is 11.8 Å². The number of carbonyl (C=O) groups excluding carboxylic acids is 1. The van der Waals surface area contributed by atoms with E-state index in [-0.39, 0.29) is 6.04 Å². The van der Waals surface area contributed by atoms with Crippen LogP contribution in [0.1, 0.15) is 38.5 Å². The molecule has 1 saturated carbocycles. The van der Waals surface area contributed by atoms with Crippen LogP contribution in [0.3, 0.4) is 0 Å². The molecule has 2 aliphatic rings. The summed E-state index contributed by atoms with van der Waals surface area (Å²) in [7, 11) is 0. The Bertz CT molecular complexity index is 205. The van der Waals surface area contributed by atoms with Gasteiger partial charge >= 0.3 is 0 Å². The molecule has 1 atom stereocenters. The summed E-state index contributed by atoms with van der Waals surface area (Å²) in [6.07, 6.45) is 6.96. The minimum absolute atomic E-state index is 0.225. The summed E-state index contributed by atoms with van der Waals surface area (Å²) in [5.41, 5.74) is 5.80.